The number of nitrogens with two attached hydrogens (primary N) is 1. The summed E-state index contributed by atoms with van der Waals surface area (Å²) in [4.78, 5) is 4.51. The van der Waals surface area contributed by atoms with Gasteiger partial charge in [-0.15, -0.1) is 0 Å². The lowest BCUT2D eigenvalue weighted by molar-refractivity contribution is 0.0714. The molecule has 3 rings (SSSR count). The quantitative estimate of drug-likeness (QED) is 0.754. The van der Waals surface area contributed by atoms with Gasteiger partial charge in [0, 0.05) is 19.6 Å². The summed E-state index contributed by atoms with van der Waals surface area (Å²) in [6, 6.07) is 0.194. The van der Waals surface area contributed by atoms with Crippen LogP contribution >= 0.6 is 0 Å². The minimum atomic E-state index is 0.194. The van der Waals surface area contributed by atoms with E-state index in [1.165, 1.54) is 19.3 Å². The van der Waals surface area contributed by atoms with Crippen molar-refractivity contribution in [1.29, 1.82) is 0 Å². The number of hydrogen-bond donors (Lipinski definition) is 1. The number of nitrogens with zero attached hydrogens (tertiary/aromatic N) is 2. The largest absolute Gasteiger partial charge is 0.382 e. The van der Waals surface area contributed by atoms with E-state index < -0.39 is 0 Å². The highest BCUT2D eigenvalue weighted by atomic mass is 16.5. The third-order valence-corrected chi connectivity index (χ3v) is 4.65. The van der Waals surface area contributed by atoms with Crippen LogP contribution in [0.4, 0.5) is 0 Å². The number of aromatic nitrogens is 2. The molecule has 0 aliphatic heterocycles. The second-order valence-electron chi connectivity index (χ2n) is 5.84. The number of methoxy groups -OCH3 is 1. The normalized spacial score (nSPS) is 32.1. The predicted octanol–water partition coefficient (Wildman–Crippen LogP) is 1.12. The molecule has 20 heavy (non-hydrogen) atoms. The van der Waals surface area contributed by atoms with Crippen molar-refractivity contribution in [3.05, 3.63) is 11.7 Å². The van der Waals surface area contributed by atoms with Crippen molar-refractivity contribution in [2.75, 3.05) is 26.9 Å². The van der Waals surface area contributed by atoms with Crippen LogP contribution in [0.2, 0.25) is 0 Å². The molecule has 2 aliphatic rings. The molecule has 2 N–H and O–H groups in total. The zero-order valence-electron chi connectivity index (χ0n) is 12.0. The topological polar surface area (TPSA) is 83.4 Å². The second kappa shape index (κ2) is 6.20. The number of rotatable bonds is 7. The van der Waals surface area contributed by atoms with Crippen molar-refractivity contribution in [3.63, 3.8) is 0 Å². The van der Waals surface area contributed by atoms with Crippen molar-refractivity contribution in [2.45, 2.75) is 37.6 Å². The van der Waals surface area contributed by atoms with Crippen LogP contribution in [0.3, 0.4) is 0 Å². The van der Waals surface area contributed by atoms with Gasteiger partial charge in [-0.2, -0.15) is 4.98 Å². The van der Waals surface area contributed by atoms with Crippen LogP contribution in [0.1, 0.15) is 36.9 Å². The molecule has 1 aromatic heterocycles. The monoisotopic (exact) mass is 281 g/mol. The Labute approximate surface area is 119 Å². The molecule has 1 heterocycles. The standard InChI is InChI=1S/C14H23N3O3/c1-18-6-7-19-5-4-11-16-14(20-17-11)12-9-2-3-10(8-9)13(12)15/h9-10,12-13H,2-8,15H2,1H3. The molecule has 2 aliphatic carbocycles. The summed E-state index contributed by atoms with van der Waals surface area (Å²) in [5.74, 6) is 3.01. The van der Waals surface area contributed by atoms with Gasteiger partial charge in [-0.1, -0.05) is 5.16 Å². The van der Waals surface area contributed by atoms with Crippen molar-refractivity contribution < 1.29 is 14.0 Å². The van der Waals surface area contributed by atoms with Crippen molar-refractivity contribution in [2.24, 2.45) is 17.6 Å². The molecule has 6 nitrogen and oxygen atoms in total. The lowest BCUT2D eigenvalue weighted by Crippen LogP contribution is -2.34. The Bertz CT molecular complexity index is 435. The third-order valence-electron chi connectivity index (χ3n) is 4.65. The van der Waals surface area contributed by atoms with Gasteiger partial charge in [-0.05, 0) is 31.1 Å². The summed E-state index contributed by atoms with van der Waals surface area (Å²) in [5, 5.41) is 4.04. The van der Waals surface area contributed by atoms with Gasteiger partial charge in [0.05, 0.1) is 25.7 Å². The van der Waals surface area contributed by atoms with Crippen LogP contribution in [0.15, 0.2) is 4.52 Å². The summed E-state index contributed by atoms with van der Waals surface area (Å²) in [6.45, 7) is 1.79. The molecule has 0 amide bonds. The van der Waals surface area contributed by atoms with Gasteiger partial charge in [0.25, 0.3) is 0 Å². The molecule has 6 heteroatoms. The van der Waals surface area contributed by atoms with E-state index in [4.69, 9.17) is 19.7 Å². The molecule has 0 radical (unpaired) electrons. The minimum Gasteiger partial charge on any atom is -0.382 e. The fraction of sp³-hybridized carbons (Fsp3) is 0.857. The fourth-order valence-electron chi connectivity index (χ4n) is 3.61. The SMILES string of the molecule is COCCOCCc1noc(C2C3CCC(C3)C2N)n1. The van der Waals surface area contributed by atoms with Crippen LogP contribution in [0, 0.1) is 11.8 Å². The van der Waals surface area contributed by atoms with E-state index in [-0.39, 0.29) is 12.0 Å². The lowest BCUT2D eigenvalue weighted by Gasteiger charge is -2.24. The van der Waals surface area contributed by atoms with Gasteiger partial charge in [-0.25, -0.2) is 0 Å². The molecule has 2 fully saturated rings. The first-order valence-electron chi connectivity index (χ1n) is 7.44. The van der Waals surface area contributed by atoms with Crippen molar-refractivity contribution in [3.8, 4) is 0 Å². The molecule has 112 valence electrons. The Morgan fingerprint density at radius 3 is 2.85 bits per heavy atom. The van der Waals surface area contributed by atoms with Gasteiger partial charge in [-0.3, -0.25) is 0 Å². The third kappa shape index (κ3) is 2.73. The molecule has 0 aromatic carbocycles. The Kier molecular flexibility index (Phi) is 4.33. The molecule has 0 spiro atoms. The maximum absolute atomic E-state index is 6.29. The van der Waals surface area contributed by atoms with Crippen LogP contribution < -0.4 is 5.73 Å². The maximum Gasteiger partial charge on any atom is 0.231 e. The average molecular weight is 281 g/mol. The van der Waals surface area contributed by atoms with E-state index in [0.717, 1.165) is 5.89 Å². The molecule has 2 saturated carbocycles. The smallest absolute Gasteiger partial charge is 0.231 e. The van der Waals surface area contributed by atoms with E-state index in [1.54, 1.807) is 7.11 Å². The molecule has 0 saturated heterocycles. The molecule has 4 unspecified atom stereocenters. The van der Waals surface area contributed by atoms with Crippen LogP contribution in [0.5, 0.6) is 0 Å². The second-order valence-corrected chi connectivity index (χ2v) is 5.84. The average Bonchev–Trinajstić information content (AvgIpc) is 3.14. The van der Waals surface area contributed by atoms with Gasteiger partial charge in [0.1, 0.15) is 0 Å². The lowest BCUT2D eigenvalue weighted by atomic mass is 9.85. The van der Waals surface area contributed by atoms with E-state index in [0.29, 0.717) is 43.9 Å². The van der Waals surface area contributed by atoms with Gasteiger partial charge in [0.15, 0.2) is 5.82 Å². The maximum atomic E-state index is 6.29. The Balaban J connectivity index is 1.52. The van der Waals surface area contributed by atoms with Gasteiger partial charge < -0.3 is 19.7 Å². The highest BCUT2D eigenvalue weighted by Crippen LogP contribution is 2.51. The van der Waals surface area contributed by atoms with Gasteiger partial charge >= 0.3 is 0 Å². The number of hydrogen-bond acceptors (Lipinski definition) is 6. The Morgan fingerprint density at radius 2 is 2.10 bits per heavy atom. The minimum absolute atomic E-state index is 0.194. The van der Waals surface area contributed by atoms with E-state index in [2.05, 4.69) is 10.1 Å². The highest BCUT2D eigenvalue weighted by molar-refractivity contribution is 5.11. The molecule has 4 atom stereocenters. The van der Waals surface area contributed by atoms with Crippen molar-refractivity contribution in [1.82, 2.24) is 10.1 Å². The van der Waals surface area contributed by atoms with Gasteiger partial charge in [0.2, 0.25) is 5.89 Å². The molecular formula is C14H23N3O3. The van der Waals surface area contributed by atoms with E-state index in [9.17, 15) is 0 Å². The van der Waals surface area contributed by atoms with E-state index >= 15 is 0 Å². The molecule has 2 bridgehead atoms. The van der Waals surface area contributed by atoms with Crippen LogP contribution in [0.25, 0.3) is 0 Å². The summed E-state index contributed by atoms with van der Waals surface area (Å²) in [6.07, 6.45) is 4.41. The first kappa shape index (κ1) is 14.0. The summed E-state index contributed by atoms with van der Waals surface area (Å²) < 4.78 is 15.8. The Morgan fingerprint density at radius 1 is 1.25 bits per heavy atom. The van der Waals surface area contributed by atoms with Crippen LogP contribution in [-0.2, 0) is 15.9 Å². The molecule has 1 aromatic rings. The van der Waals surface area contributed by atoms with E-state index in [1.807, 2.05) is 0 Å². The molecular weight excluding hydrogens is 258 g/mol. The van der Waals surface area contributed by atoms with Crippen molar-refractivity contribution >= 4 is 0 Å². The summed E-state index contributed by atoms with van der Waals surface area (Å²) in [7, 11) is 1.66. The number of fused-ring (bicyclic) bond motifs is 2. The zero-order chi connectivity index (χ0) is 13.9. The fourth-order valence-corrected chi connectivity index (χ4v) is 3.61. The van der Waals surface area contributed by atoms with Crippen LogP contribution in [-0.4, -0.2) is 43.1 Å². The Hall–Kier alpha value is -0.980. The summed E-state index contributed by atoms with van der Waals surface area (Å²) >= 11 is 0. The summed E-state index contributed by atoms with van der Waals surface area (Å²) in [5.41, 5.74) is 6.29. The zero-order valence-corrected chi connectivity index (χ0v) is 12.0. The highest BCUT2D eigenvalue weighted by Gasteiger charge is 2.48. The first-order valence-corrected chi connectivity index (χ1v) is 7.44. The number of ether oxygens (including phenoxy) is 2. The first-order chi connectivity index (χ1) is 9.79. The predicted molar refractivity (Wildman–Crippen MR) is 72.2 cm³/mol.